The van der Waals surface area contributed by atoms with Gasteiger partial charge < -0.3 is 15.2 Å². The molecule has 1 heterocycles. The minimum absolute atomic E-state index is 0.139. The Kier molecular flexibility index (Phi) is 3.88. The summed E-state index contributed by atoms with van der Waals surface area (Å²) in [7, 11) is 0. The number of rotatable bonds is 4. The molecule has 1 aliphatic rings. The van der Waals surface area contributed by atoms with Gasteiger partial charge >= 0.3 is 0 Å². The first-order valence-electron chi connectivity index (χ1n) is 5.48. The average Bonchev–Trinajstić information content (AvgIpc) is 2.74. The molecule has 1 fully saturated rings. The lowest BCUT2D eigenvalue weighted by atomic mass is 10.0. The van der Waals surface area contributed by atoms with Crippen molar-refractivity contribution in [2.24, 2.45) is 5.73 Å². The first-order valence-corrected chi connectivity index (χ1v) is 5.48. The molecule has 0 spiro atoms. The van der Waals surface area contributed by atoms with E-state index in [0.29, 0.717) is 31.6 Å². The van der Waals surface area contributed by atoms with E-state index in [9.17, 15) is 4.39 Å². The molecular formula is C12H16FNO2. The van der Waals surface area contributed by atoms with Crippen molar-refractivity contribution in [2.75, 3.05) is 13.2 Å². The summed E-state index contributed by atoms with van der Waals surface area (Å²) in [6.07, 6.45) is 0.895. The molecule has 1 aromatic carbocycles. The highest BCUT2D eigenvalue weighted by molar-refractivity contribution is 5.18. The van der Waals surface area contributed by atoms with Crippen LogP contribution in [0.3, 0.4) is 0 Å². The van der Waals surface area contributed by atoms with E-state index >= 15 is 0 Å². The molecule has 1 saturated heterocycles. The second-order valence-corrected chi connectivity index (χ2v) is 3.96. The van der Waals surface area contributed by atoms with Crippen molar-refractivity contribution in [3.8, 4) is 0 Å². The number of hydrogen-bond acceptors (Lipinski definition) is 3. The molecular weight excluding hydrogens is 209 g/mol. The monoisotopic (exact) mass is 225 g/mol. The number of hydrogen-bond donors (Lipinski definition) is 1. The number of ether oxygens (including phenoxy) is 2. The lowest BCUT2D eigenvalue weighted by molar-refractivity contribution is -0.0505. The van der Waals surface area contributed by atoms with Gasteiger partial charge in [-0.1, -0.05) is 18.2 Å². The molecule has 4 heteroatoms. The third kappa shape index (κ3) is 3.01. The van der Waals surface area contributed by atoms with Crippen LogP contribution in [0.5, 0.6) is 0 Å². The SMILES string of the molecule is NC(Cc1ccccc1F)CC1OCCO1. The highest BCUT2D eigenvalue weighted by Crippen LogP contribution is 2.14. The predicted molar refractivity (Wildman–Crippen MR) is 58.4 cm³/mol. The summed E-state index contributed by atoms with van der Waals surface area (Å²) in [5, 5.41) is 0. The third-order valence-corrected chi connectivity index (χ3v) is 2.63. The lowest BCUT2D eigenvalue weighted by Crippen LogP contribution is -2.29. The Labute approximate surface area is 94.3 Å². The van der Waals surface area contributed by atoms with Gasteiger partial charge in [0.25, 0.3) is 0 Å². The van der Waals surface area contributed by atoms with E-state index in [0.717, 1.165) is 0 Å². The molecule has 16 heavy (non-hydrogen) atoms. The first-order chi connectivity index (χ1) is 7.75. The third-order valence-electron chi connectivity index (χ3n) is 2.63. The van der Waals surface area contributed by atoms with Gasteiger partial charge in [0.2, 0.25) is 0 Å². The van der Waals surface area contributed by atoms with Crippen LogP contribution >= 0.6 is 0 Å². The van der Waals surface area contributed by atoms with Crippen LogP contribution in [0.25, 0.3) is 0 Å². The van der Waals surface area contributed by atoms with Crippen molar-refractivity contribution in [2.45, 2.75) is 25.2 Å². The fourth-order valence-electron chi connectivity index (χ4n) is 1.82. The Balaban J connectivity index is 1.86. The summed E-state index contributed by atoms with van der Waals surface area (Å²) in [6, 6.07) is 6.55. The van der Waals surface area contributed by atoms with Gasteiger partial charge in [-0.25, -0.2) is 4.39 Å². The summed E-state index contributed by atoms with van der Waals surface area (Å²) in [6.45, 7) is 1.24. The second kappa shape index (κ2) is 5.39. The highest BCUT2D eigenvalue weighted by atomic mass is 19.1. The van der Waals surface area contributed by atoms with Crippen LogP contribution in [0.4, 0.5) is 4.39 Å². The zero-order valence-corrected chi connectivity index (χ0v) is 9.06. The van der Waals surface area contributed by atoms with E-state index in [1.807, 2.05) is 6.07 Å². The molecule has 1 atom stereocenters. The van der Waals surface area contributed by atoms with Crippen LogP contribution in [0.15, 0.2) is 24.3 Å². The van der Waals surface area contributed by atoms with Crippen molar-refractivity contribution < 1.29 is 13.9 Å². The molecule has 2 rings (SSSR count). The summed E-state index contributed by atoms with van der Waals surface area (Å²) in [5.41, 5.74) is 6.57. The summed E-state index contributed by atoms with van der Waals surface area (Å²) < 4.78 is 23.9. The van der Waals surface area contributed by atoms with Crippen LogP contribution in [0.2, 0.25) is 0 Å². The van der Waals surface area contributed by atoms with E-state index in [1.54, 1.807) is 12.1 Å². The molecule has 0 bridgehead atoms. The molecule has 88 valence electrons. The number of benzene rings is 1. The topological polar surface area (TPSA) is 44.5 Å². The van der Waals surface area contributed by atoms with Gasteiger partial charge in [-0.05, 0) is 18.1 Å². The minimum atomic E-state index is -0.221. The van der Waals surface area contributed by atoms with Crippen molar-refractivity contribution in [1.29, 1.82) is 0 Å². The van der Waals surface area contributed by atoms with E-state index < -0.39 is 0 Å². The van der Waals surface area contributed by atoms with Gasteiger partial charge in [-0.15, -0.1) is 0 Å². The van der Waals surface area contributed by atoms with Crippen LogP contribution in [-0.2, 0) is 15.9 Å². The first kappa shape index (κ1) is 11.5. The quantitative estimate of drug-likeness (QED) is 0.843. The molecule has 3 nitrogen and oxygen atoms in total. The summed E-state index contributed by atoms with van der Waals surface area (Å²) in [5.74, 6) is -0.203. The fourth-order valence-corrected chi connectivity index (χ4v) is 1.82. The fraction of sp³-hybridized carbons (Fsp3) is 0.500. The zero-order valence-electron chi connectivity index (χ0n) is 9.06. The molecule has 0 radical (unpaired) electrons. The maximum Gasteiger partial charge on any atom is 0.159 e. The molecule has 1 unspecified atom stereocenters. The van der Waals surface area contributed by atoms with E-state index in [2.05, 4.69) is 0 Å². The lowest BCUT2D eigenvalue weighted by Gasteiger charge is -2.15. The van der Waals surface area contributed by atoms with Crippen molar-refractivity contribution >= 4 is 0 Å². The molecule has 0 aliphatic carbocycles. The Morgan fingerprint density at radius 1 is 1.31 bits per heavy atom. The predicted octanol–water partition coefficient (Wildman–Crippen LogP) is 1.46. The Morgan fingerprint density at radius 3 is 2.69 bits per heavy atom. The maximum atomic E-state index is 13.3. The number of nitrogens with two attached hydrogens (primary N) is 1. The van der Waals surface area contributed by atoms with Gasteiger partial charge in [0, 0.05) is 12.5 Å². The van der Waals surface area contributed by atoms with Gasteiger partial charge in [0.1, 0.15) is 5.82 Å². The Bertz CT molecular complexity index is 340. The molecule has 0 aromatic heterocycles. The summed E-state index contributed by atoms with van der Waals surface area (Å²) in [4.78, 5) is 0. The van der Waals surface area contributed by atoms with Crippen LogP contribution in [0, 0.1) is 5.82 Å². The Hall–Kier alpha value is -0.970. The number of halogens is 1. The average molecular weight is 225 g/mol. The van der Waals surface area contributed by atoms with E-state index in [4.69, 9.17) is 15.2 Å². The smallest absolute Gasteiger partial charge is 0.159 e. The standard InChI is InChI=1S/C12H16FNO2/c13-11-4-2-1-3-9(11)7-10(14)8-12-15-5-6-16-12/h1-4,10,12H,5-8,14H2. The van der Waals surface area contributed by atoms with Gasteiger partial charge in [-0.3, -0.25) is 0 Å². The second-order valence-electron chi connectivity index (χ2n) is 3.96. The molecule has 0 amide bonds. The summed E-state index contributed by atoms with van der Waals surface area (Å²) >= 11 is 0. The van der Waals surface area contributed by atoms with Gasteiger partial charge in [0.05, 0.1) is 13.2 Å². The van der Waals surface area contributed by atoms with Crippen molar-refractivity contribution in [1.82, 2.24) is 0 Å². The van der Waals surface area contributed by atoms with Gasteiger partial charge in [-0.2, -0.15) is 0 Å². The molecule has 1 aromatic rings. The van der Waals surface area contributed by atoms with Gasteiger partial charge in [0.15, 0.2) is 6.29 Å². The minimum Gasteiger partial charge on any atom is -0.350 e. The highest BCUT2D eigenvalue weighted by Gasteiger charge is 2.19. The van der Waals surface area contributed by atoms with Crippen LogP contribution < -0.4 is 5.73 Å². The Morgan fingerprint density at radius 2 is 2.00 bits per heavy atom. The normalized spacial score (nSPS) is 18.9. The zero-order chi connectivity index (χ0) is 11.4. The van der Waals surface area contributed by atoms with Crippen molar-refractivity contribution in [3.63, 3.8) is 0 Å². The maximum absolute atomic E-state index is 13.3. The largest absolute Gasteiger partial charge is 0.350 e. The van der Waals surface area contributed by atoms with Crippen LogP contribution in [-0.4, -0.2) is 25.5 Å². The molecule has 0 saturated carbocycles. The van der Waals surface area contributed by atoms with E-state index in [1.165, 1.54) is 6.07 Å². The molecule has 2 N–H and O–H groups in total. The van der Waals surface area contributed by atoms with Crippen LogP contribution in [0.1, 0.15) is 12.0 Å². The molecule has 1 aliphatic heterocycles. The van der Waals surface area contributed by atoms with E-state index in [-0.39, 0.29) is 18.1 Å². The van der Waals surface area contributed by atoms with Crippen molar-refractivity contribution in [3.05, 3.63) is 35.6 Å².